The number of benzene rings is 3. The van der Waals surface area contributed by atoms with E-state index in [0.29, 0.717) is 29.5 Å². The van der Waals surface area contributed by atoms with Gasteiger partial charge in [-0.05, 0) is 83.1 Å². The molecule has 0 fully saturated rings. The minimum atomic E-state index is -0.686. The monoisotopic (exact) mass is 565 g/mol. The average Bonchev–Trinajstić information content (AvgIpc) is 3.58. The standard InChI is InChI=1S/C34H26F3N3O2/c1-20-39-40-34(42-20)25-5-2-4-23(15-25)31-6-3-11-38-33(31)26(12-21-13-28(36)18-29(37)14-21)17-30(41)16-24-8-7-22-9-10-27(35)19-32(22)24/h2-6,8-11,13-15,18-19,26H,7,12,16-17H2,1H3/t26-/m1/s1. The molecule has 3 aromatic carbocycles. The molecule has 42 heavy (non-hydrogen) atoms. The molecule has 0 unspecified atom stereocenters. The second-order valence-corrected chi connectivity index (χ2v) is 10.5. The van der Waals surface area contributed by atoms with Crippen LogP contribution >= 0.6 is 0 Å². The van der Waals surface area contributed by atoms with Crippen molar-refractivity contribution in [2.75, 3.05) is 0 Å². The van der Waals surface area contributed by atoms with Gasteiger partial charge in [-0.2, -0.15) is 0 Å². The van der Waals surface area contributed by atoms with Crippen molar-refractivity contribution >= 4 is 11.4 Å². The first-order valence-electron chi connectivity index (χ1n) is 13.6. The molecule has 0 aliphatic heterocycles. The van der Waals surface area contributed by atoms with Crippen LogP contribution in [0.1, 0.15) is 47.0 Å². The van der Waals surface area contributed by atoms with Gasteiger partial charge in [-0.1, -0.05) is 30.3 Å². The van der Waals surface area contributed by atoms with Crippen molar-refractivity contribution in [1.29, 1.82) is 0 Å². The Morgan fingerprint density at radius 2 is 1.69 bits per heavy atom. The maximum absolute atomic E-state index is 14.2. The van der Waals surface area contributed by atoms with E-state index < -0.39 is 17.6 Å². The summed E-state index contributed by atoms with van der Waals surface area (Å²) in [6.45, 7) is 1.72. The van der Waals surface area contributed by atoms with E-state index in [0.717, 1.165) is 39.5 Å². The van der Waals surface area contributed by atoms with E-state index in [-0.39, 0.29) is 30.9 Å². The molecule has 0 amide bonds. The Morgan fingerprint density at radius 1 is 0.881 bits per heavy atom. The molecule has 2 heterocycles. The van der Waals surface area contributed by atoms with Gasteiger partial charge in [0, 0.05) is 49.1 Å². The fraction of sp³-hybridized carbons (Fsp3) is 0.176. The minimum absolute atomic E-state index is 0.0761. The topological polar surface area (TPSA) is 68.9 Å². The van der Waals surface area contributed by atoms with E-state index in [9.17, 15) is 18.0 Å². The van der Waals surface area contributed by atoms with Crippen LogP contribution in [0, 0.1) is 24.4 Å². The highest BCUT2D eigenvalue weighted by Gasteiger charge is 2.25. The lowest BCUT2D eigenvalue weighted by atomic mass is 9.85. The Hall–Kier alpha value is -4.85. The lowest BCUT2D eigenvalue weighted by molar-refractivity contribution is -0.118. The third-order valence-electron chi connectivity index (χ3n) is 7.42. The van der Waals surface area contributed by atoms with Crippen LogP contribution in [-0.2, 0) is 17.6 Å². The van der Waals surface area contributed by atoms with Gasteiger partial charge < -0.3 is 4.42 Å². The van der Waals surface area contributed by atoms with Crippen LogP contribution < -0.4 is 0 Å². The maximum atomic E-state index is 14.2. The smallest absolute Gasteiger partial charge is 0.247 e. The summed E-state index contributed by atoms with van der Waals surface area (Å²) in [4.78, 5) is 18.2. The number of Topliss-reactive ketones (excluding diaryl/α,β-unsaturated/α-hetero) is 1. The Morgan fingerprint density at radius 3 is 2.48 bits per heavy atom. The second kappa shape index (κ2) is 11.6. The first-order valence-corrected chi connectivity index (χ1v) is 13.6. The fourth-order valence-corrected chi connectivity index (χ4v) is 5.59. The molecule has 0 radical (unpaired) electrons. The van der Waals surface area contributed by atoms with Gasteiger partial charge in [-0.25, -0.2) is 13.2 Å². The number of hydrogen-bond donors (Lipinski definition) is 0. The first-order chi connectivity index (χ1) is 20.3. The van der Waals surface area contributed by atoms with Crippen LogP contribution in [0.25, 0.3) is 28.2 Å². The summed E-state index contributed by atoms with van der Waals surface area (Å²) >= 11 is 0. The summed E-state index contributed by atoms with van der Waals surface area (Å²) in [6.07, 6.45) is 4.63. The number of fused-ring (bicyclic) bond motifs is 1. The highest BCUT2D eigenvalue weighted by molar-refractivity contribution is 5.92. The van der Waals surface area contributed by atoms with E-state index in [1.807, 2.05) is 36.4 Å². The number of carbonyl (C=O) groups is 1. The molecule has 210 valence electrons. The summed E-state index contributed by atoms with van der Waals surface area (Å²) in [5.41, 5.74) is 5.88. The number of ketones is 1. The Kier molecular flexibility index (Phi) is 7.52. The molecule has 1 aliphatic rings. The van der Waals surface area contributed by atoms with E-state index in [4.69, 9.17) is 4.42 Å². The van der Waals surface area contributed by atoms with Crippen LogP contribution in [0.15, 0.2) is 89.5 Å². The zero-order valence-corrected chi connectivity index (χ0v) is 22.8. The Bertz CT molecular complexity index is 1810. The zero-order chi connectivity index (χ0) is 29.2. The lowest BCUT2D eigenvalue weighted by Gasteiger charge is -2.20. The predicted octanol–water partition coefficient (Wildman–Crippen LogP) is 7.84. The number of hydrogen-bond acceptors (Lipinski definition) is 5. The SMILES string of the molecule is Cc1nnc(-c2cccc(-c3cccnc3[C@@H](CC(=O)CC3=CCc4ccc(F)cc43)Cc3cc(F)cc(F)c3)c2)o1. The number of halogens is 3. The highest BCUT2D eigenvalue weighted by Crippen LogP contribution is 2.36. The summed E-state index contributed by atoms with van der Waals surface area (Å²) < 4.78 is 47.9. The first kappa shape index (κ1) is 27.3. The fourth-order valence-electron chi connectivity index (χ4n) is 5.59. The molecule has 6 rings (SSSR count). The van der Waals surface area contributed by atoms with Gasteiger partial charge in [0.05, 0.1) is 5.69 Å². The van der Waals surface area contributed by atoms with Gasteiger partial charge in [0.2, 0.25) is 11.8 Å². The maximum Gasteiger partial charge on any atom is 0.247 e. The summed E-state index contributed by atoms with van der Waals surface area (Å²) in [5, 5.41) is 8.03. The van der Waals surface area contributed by atoms with Crippen LogP contribution in [0.2, 0.25) is 0 Å². The van der Waals surface area contributed by atoms with Crippen molar-refractivity contribution in [3.05, 3.63) is 131 Å². The number of nitrogens with zero attached hydrogens (tertiary/aromatic N) is 3. The van der Waals surface area contributed by atoms with Gasteiger partial charge >= 0.3 is 0 Å². The summed E-state index contributed by atoms with van der Waals surface area (Å²) in [5.74, 6) is -1.46. The summed E-state index contributed by atoms with van der Waals surface area (Å²) in [6, 6.07) is 19.3. The minimum Gasteiger partial charge on any atom is -0.421 e. The molecular formula is C34H26F3N3O2. The van der Waals surface area contributed by atoms with Crippen LogP contribution in [-0.4, -0.2) is 21.0 Å². The average molecular weight is 566 g/mol. The third kappa shape index (κ3) is 5.93. The molecule has 0 N–H and O–H groups in total. The number of aryl methyl sites for hydroxylation is 1. The van der Waals surface area contributed by atoms with Crippen LogP contribution in [0.3, 0.4) is 0 Å². The van der Waals surface area contributed by atoms with Crippen molar-refractivity contribution in [1.82, 2.24) is 15.2 Å². The zero-order valence-electron chi connectivity index (χ0n) is 22.8. The third-order valence-corrected chi connectivity index (χ3v) is 7.42. The molecule has 8 heteroatoms. The van der Waals surface area contributed by atoms with Gasteiger partial charge in [-0.15, -0.1) is 10.2 Å². The second-order valence-electron chi connectivity index (χ2n) is 10.5. The molecule has 0 bridgehead atoms. The molecule has 5 nitrogen and oxygen atoms in total. The van der Waals surface area contributed by atoms with Gasteiger partial charge in [0.1, 0.15) is 23.2 Å². The van der Waals surface area contributed by atoms with Crippen molar-refractivity contribution in [3.63, 3.8) is 0 Å². The van der Waals surface area contributed by atoms with Gasteiger partial charge in [0.15, 0.2) is 0 Å². The van der Waals surface area contributed by atoms with Crippen LogP contribution in [0.5, 0.6) is 0 Å². The summed E-state index contributed by atoms with van der Waals surface area (Å²) in [7, 11) is 0. The number of pyridine rings is 1. The van der Waals surface area contributed by atoms with E-state index >= 15 is 0 Å². The normalized spacial score (nSPS) is 13.1. The van der Waals surface area contributed by atoms with Crippen LogP contribution in [0.4, 0.5) is 13.2 Å². The molecule has 5 aromatic rings. The van der Waals surface area contributed by atoms with E-state index in [1.165, 1.54) is 24.3 Å². The largest absolute Gasteiger partial charge is 0.421 e. The van der Waals surface area contributed by atoms with Crippen molar-refractivity contribution in [2.24, 2.45) is 0 Å². The van der Waals surface area contributed by atoms with Crippen molar-refractivity contribution in [2.45, 2.75) is 38.5 Å². The predicted molar refractivity (Wildman–Crippen MR) is 153 cm³/mol. The van der Waals surface area contributed by atoms with Gasteiger partial charge in [-0.3, -0.25) is 9.78 Å². The van der Waals surface area contributed by atoms with Crippen molar-refractivity contribution < 1.29 is 22.4 Å². The Balaban J connectivity index is 1.34. The number of allylic oxidation sites excluding steroid dienone is 2. The molecule has 0 spiro atoms. The van der Waals surface area contributed by atoms with Crippen molar-refractivity contribution in [3.8, 4) is 22.6 Å². The lowest BCUT2D eigenvalue weighted by Crippen LogP contribution is -2.13. The number of carbonyl (C=O) groups excluding carboxylic acids is 1. The molecule has 2 aromatic heterocycles. The number of aromatic nitrogens is 3. The molecule has 1 atom stereocenters. The molecule has 0 saturated carbocycles. The molecule has 1 aliphatic carbocycles. The quantitative estimate of drug-likeness (QED) is 0.182. The number of rotatable bonds is 9. The van der Waals surface area contributed by atoms with E-state index in [1.54, 1.807) is 25.3 Å². The Labute approximate surface area is 240 Å². The highest BCUT2D eigenvalue weighted by atomic mass is 19.1. The van der Waals surface area contributed by atoms with E-state index in [2.05, 4.69) is 15.2 Å². The molecule has 0 saturated heterocycles. The molecular weight excluding hydrogens is 539 g/mol. The van der Waals surface area contributed by atoms with Gasteiger partial charge in [0.25, 0.3) is 0 Å².